The highest BCUT2D eigenvalue weighted by atomic mass is 79.9. The van der Waals surface area contributed by atoms with Crippen LogP contribution in [-0.4, -0.2) is 0 Å². The number of rotatable bonds is 2. The summed E-state index contributed by atoms with van der Waals surface area (Å²) in [5, 5.41) is 0. The number of aryl methyl sites for hydroxylation is 1. The summed E-state index contributed by atoms with van der Waals surface area (Å²) in [5.74, 6) is 0.343. The van der Waals surface area contributed by atoms with Gasteiger partial charge in [-0.1, -0.05) is 6.07 Å². The third kappa shape index (κ3) is 3.42. The van der Waals surface area contributed by atoms with Crippen LogP contribution in [0.25, 0.3) is 0 Å². The van der Waals surface area contributed by atoms with Gasteiger partial charge in [-0.3, -0.25) is 0 Å². The van der Waals surface area contributed by atoms with Gasteiger partial charge in [-0.15, -0.1) is 0 Å². The average molecular weight is 383 g/mol. The molecular weight excluding hydrogens is 378 g/mol. The molecule has 0 atom stereocenters. The zero-order valence-corrected chi connectivity index (χ0v) is 12.5. The summed E-state index contributed by atoms with van der Waals surface area (Å²) in [4.78, 5) is 0. The predicted molar refractivity (Wildman–Crippen MR) is 66.5 cm³/mol. The minimum atomic E-state index is -3.56. The van der Waals surface area contributed by atoms with Crippen molar-refractivity contribution < 1.29 is 9.09 Å². The van der Waals surface area contributed by atoms with Gasteiger partial charge in [-0.05, 0) is 50.4 Å². The first-order valence-corrected chi connectivity index (χ1v) is 8.47. The molecule has 0 aliphatic rings. The van der Waals surface area contributed by atoms with Gasteiger partial charge in [0.1, 0.15) is 5.75 Å². The first-order valence-electron chi connectivity index (χ1n) is 3.45. The van der Waals surface area contributed by atoms with Crippen LogP contribution in [0.1, 0.15) is 5.56 Å². The largest absolute Gasteiger partial charge is 0.428 e. The zero-order chi connectivity index (χ0) is 10.9. The second-order valence-corrected chi connectivity index (χ2v) is 8.30. The van der Waals surface area contributed by atoms with E-state index in [0.717, 1.165) is 10.0 Å². The maximum atomic E-state index is 11.0. The van der Waals surface area contributed by atoms with Gasteiger partial charge in [0.25, 0.3) is 0 Å². The van der Waals surface area contributed by atoms with Crippen LogP contribution >= 0.6 is 60.4 Å². The lowest BCUT2D eigenvalue weighted by Crippen LogP contribution is -1.86. The van der Waals surface area contributed by atoms with Gasteiger partial charge in [0.2, 0.25) is 0 Å². The molecule has 0 saturated heterocycles. The minimum absolute atomic E-state index is 0.343. The molecule has 0 aromatic heterocycles. The van der Waals surface area contributed by atoms with E-state index in [0.29, 0.717) is 10.2 Å². The average Bonchev–Trinajstić information content (AvgIpc) is 2.04. The first kappa shape index (κ1) is 12.9. The lowest BCUT2D eigenvalue weighted by molar-refractivity contribution is 0.511. The quantitative estimate of drug-likeness (QED) is 0.633. The lowest BCUT2D eigenvalue weighted by Gasteiger charge is -2.10. The highest BCUT2D eigenvalue weighted by Crippen LogP contribution is 2.58. The van der Waals surface area contributed by atoms with Crippen molar-refractivity contribution in [2.24, 2.45) is 0 Å². The van der Waals surface area contributed by atoms with Crippen LogP contribution in [0.3, 0.4) is 0 Å². The molecule has 14 heavy (non-hydrogen) atoms. The summed E-state index contributed by atoms with van der Waals surface area (Å²) in [6, 6.07) is 3.44. The van der Waals surface area contributed by atoms with Crippen LogP contribution in [0.15, 0.2) is 21.1 Å². The first-order chi connectivity index (χ1) is 6.31. The van der Waals surface area contributed by atoms with Crippen LogP contribution in [0.5, 0.6) is 5.75 Å². The molecular formula is C7H5Br2Cl2O2P. The third-order valence-corrected chi connectivity index (χ3v) is 4.61. The minimum Gasteiger partial charge on any atom is -0.421 e. The van der Waals surface area contributed by atoms with E-state index in [4.69, 9.17) is 27.0 Å². The summed E-state index contributed by atoms with van der Waals surface area (Å²) in [6.07, 6.45) is -3.56. The Labute approximate surface area is 108 Å². The molecule has 0 fully saturated rings. The Morgan fingerprint density at radius 1 is 1.29 bits per heavy atom. The SMILES string of the molecule is Cc1ccc(OP(=O)(Cl)Cl)c(Br)c1Br. The molecule has 0 aliphatic carbocycles. The van der Waals surface area contributed by atoms with Gasteiger partial charge >= 0.3 is 6.07 Å². The second kappa shape index (κ2) is 4.75. The number of hydrogen-bond donors (Lipinski definition) is 0. The van der Waals surface area contributed by atoms with Crippen molar-refractivity contribution in [3.8, 4) is 5.75 Å². The summed E-state index contributed by atoms with van der Waals surface area (Å²) in [7, 11) is 0. The Hall–Kier alpha value is 0.790. The summed E-state index contributed by atoms with van der Waals surface area (Å²) < 4.78 is 17.3. The molecule has 1 aromatic rings. The van der Waals surface area contributed by atoms with Crippen molar-refractivity contribution in [1.82, 2.24) is 0 Å². The molecule has 2 nitrogen and oxygen atoms in total. The van der Waals surface area contributed by atoms with Crippen LogP contribution in [0, 0.1) is 6.92 Å². The van der Waals surface area contributed by atoms with E-state index in [1.807, 2.05) is 6.92 Å². The zero-order valence-electron chi connectivity index (χ0n) is 6.93. The van der Waals surface area contributed by atoms with Gasteiger partial charge in [-0.2, -0.15) is 0 Å². The Kier molecular flexibility index (Phi) is 4.36. The highest BCUT2D eigenvalue weighted by molar-refractivity contribution is 9.13. The fraction of sp³-hybridized carbons (Fsp3) is 0.143. The Bertz CT molecular complexity index is 405. The van der Waals surface area contributed by atoms with E-state index >= 15 is 0 Å². The van der Waals surface area contributed by atoms with Crippen molar-refractivity contribution in [2.75, 3.05) is 0 Å². The van der Waals surface area contributed by atoms with E-state index in [2.05, 4.69) is 31.9 Å². The molecule has 0 aliphatic heterocycles. The molecule has 0 spiro atoms. The lowest BCUT2D eigenvalue weighted by atomic mass is 10.2. The van der Waals surface area contributed by atoms with Crippen molar-refractivity contribution in [3.05, 3.63) is 26.6 Å². The Morgan fingerprint density at radius 2 is 1.86 bits per heavy atom. The highest BCUT2D eigenvalue weighted by Gasteiger charge is 2.19. The van der Waals surface area contributed by atoms with Crippen LogP contribution in [0.2, 0.25) is 0 Å². The Balaban J connectivity index is 3.12. The maximum absolute atomic E-state index is 11.0. The fourth-order valence-corrected chi connectivity index (χ4v) is 2.62. The standard InChI is InChI=1S/C7H5Br2Cl2O2P/c1-4-2-3-5(7(9)6(4)8)13-14(10,11)12/h2-3H,1H3. The molecule has 0 bridgehead atoms. The van der Waals surface area contributed by atoms with Crippen LogP contribution in [-0.2, 0) is 4.57 Å². The van der Waals surface area contributed by atoms with Gasteiger partial charge in [0.05, 0.1) is 4.47 Å². The fourth-order valence-electron chi connectivity index (χ4n) is 0.813. The van der Waals surface area contributed by atoms with Crippen molar-refractivity contribution in [1.29, 1.82) is 0 Å². The molecule has 7 heteroatoms. The van der Waals surface area contributed by atoms with E-state index in [9.17, 15) is 4.57 Å². The molecule has 0 unspecified atom stereocenters. The van der Waals surface area contributed by atoms with Gasteiger partial charge in [0, 0.05) is 27.0 Å². The van der Waals surface area contributed by atoms with Crippen molar-refractivity contribution in [2.45, 2.75) is 6.92 Å². The van der Waals surface area contributed by atoms with Gasteiger partial charge < -0.3 is 4.52 Å². The number of hydrogen-bond acceptors (Lipinski definition) is 2. The summed E-state index contributed by atoms with van der Waals surface area (Å²) in [6.45, 7) is 1.92. The molecule has 1 aromatic carbocycles. The maximum Gasteiger partial charge on any atom is 0.428 e. The van der Waals surface area contributed by atoms with E-state index in [1.54, 1.807) is 12.1 Å². The molecule has 0 radical (unpaired) electrons. The number of benzene rings is 1. The topological polar surface area (TPSA) is 26.3 Å². The van der Waals surface area contributed by atoms with Crippen molar-refractivity contribution >= 4 is 60.4 Å². The van der Waals surface area contributed by atoms with Gasteiger partial charge in [0.15, 0.2) is 0 Å². The summed E-state index contributed by atoms with van der Waals surface area (Å²) in [5.41, 5.74) is 1.02. The summed E-state index contributed by atoms with van der Waals surface area (Å²) >= 11 is 17.2. The molecule has 1 rings (SSSR count). The van der Waals surface area contributed by atoms with E-state index < -0.39 is 6.07 Å². The number of halogens is 4. The predicted octanol–water partition coefficient (Wildman–Crippen LogP) is 5.48. The normalized spacial score (nSPS) is 11.5. The van der Waals surface area contributed by atoms with Crippen LogP contribution in [0.4, 0.5) is 0 Å². The van der Waals surface area contributed by atoms with E-state index in [1.165, 1.54) is 0 Å². The monoisotopic (exact) mass is 380 g/mol. The smallest absolute Gasteiger partial charge is 0.421 e. The molecule has 0 amide bonds. The Morgan fingerprint density at radius 3 is 2.36 bits per heavy atom. The molecule has 0 saturated carbocycles. The molecule has 0 N–H and O–H groups in total. The second-order valence-electron chi connectivity index (χ2n) is 2.51. The van der Waals surface area contributed by atoms with E-state index in [-0.39, 0.29) is 0 Å². The molecule has 0 heterocycles. The third-order valence-electron chi connectivity index (χ3n) is 1.44. The molecule has 78 valence electrons. The van der Waals surface area contributed by atoms with Crippen LogP contribution < -0.4 is 4.52 Å². The van der Waals surface area contributed by atoms with Crippen molar-refractivity contribution in [3.63, 3.8) is 0 Å². The van der Waals surface area contributed by atoms with Gasteiger partial charge in [-0.25, -0.2) is 4.57 Å².